The molecule has 10 heteroatoms. The number of non-ortho nitro benzene ring substituents is 1. The Hall–Kier alpha value is -3.79. The van der Waals surface area contributed by atoms with Crippen LogP contribution in [0, 0.1) is 10.1 Å². The second-order valence-electron chi connectivity index (χ2n) is 5.48. The third-order valence-electron chi connectivity index (χ3n) is 3.47. The van der Waals surface area contributed by atoms with Gasteiger partial charge >= 0.3 is 5.97 Å². The largest absolute Gasteiger partial charge is 0.493 e. The Labute approximate surface area is 172 Å². The molecule has 29 heavy (non-hydrogen) atoms. The molecule has 0 unspecified atom stereocenters. The number of hydrazone groups is 1. The van der Waals surface area contributed by atoms with Gasteiger partial charge in [-0.25, -0.2) is 4.79 Å². The molecule has 2 aromatic rings. The predicted octanol–water partition coefficient (Wildman–Crippen LogP) is 2.81. The number of hydrogen-bond acceptors (Lipinski definition) is 7. The standard InChI is InChI=1S/C19H18N4O5S/c1-3-9-20-19(29)22-21-12-13-7-8-16(17(10-13)27-2)28-18(24)14-5-4-6-15(11-14)23(25)26/h3-8,10-12H,1,9H2,2H3,(H2,20,22,29)/b21-12+. The Balaban J connectivity index is 2.09. The molecule has 2 N–H and O–H groups in total. The highest BCUT2D eigenvalue weighted by Crippen LogP contribution is 2.28. The summed E-state index contributed by atoms with van der Waals surface area (Å²) in [4.78, 5) is 22.6. The molecule has 0 bridgehead atoms. The fraction of sp³-hybridized carbons (Fsp3) is 0.105. The number of carbonyl (C=O) groups is 1. The van der Waals surface area contributed by atoms with Crippen molar-refractivity contribution in [2.24, 2.45) is 5.10 Å². The lowest BCUT2D eigenvalue weighted by Gasteiger charge is -2.10. The van der Waals surface area contributed by atoms with Gasteiger partial charge in [0.25, 0.3) is 5.69 Å². The minimum absolute atomic E-state index is 0.0524. The summed E-state index contributed by atoms with van der Waals surface area (Å²) < 4.78 is 10.6. The Morgan fingerprint density at radius 1 is 1.31 bits per heavy atom. The molecule has 0 aromatic heterocycles. The number of methoxy groups -OCH3 is 1. The average Bonchev–Trinajstić information content (AvgIpc) is 2.73. The van der Waals surface area contributed by atoms with Crippen molar-refractivity contribution in [1.82, 2.24) is 10.7 Å². The number of nitrogens with zero attached hydrogens (tertiary/aromatic N) is 2. The summed E-state index contributed by atoms with van der Waals surface area (Å²) in [6.45, 7) is 4.09. The number of nitro groups is 1. The van der Waals surface area contributed by atoms with Crippen molar-refractivity contribution in [2.45, 2.75) is 0 Å². The van der Waals surface area contributed by atoms with Crippen LogP contribution in [0.5, 0.6) is 11.5 Å². The van der Waals surface area contributed by atoms with Gasteiger partial charge in [0.05, 0.1) is 23.8 Å². The minimum Gasteiger partial charge on any atom is -0.493 e. The summed E-state index contributed by atoms with van der Waals surface area (Å²) in [6, 6.07) is 10.1. The van der Waals surface area contributed by atoms with Gasteiger partial charge in [0.15, 0.2) is 16.6 Å². The van der Waals surface area contributed by atoms with Gasteiger partial charge in [-0.1, -0.05) is 12.1 Å². The van der Waals surface area contributed by atoms with Crippen molar-refractivity contribution in [3.8, 4) is 11.5 Å². The topological polar surface area (TPSA) is 115 Å². The normalized spacial score (nSPS) is 10.2. The smallest absolute Gasteiger partial charge is 0.343 e. The molecule has 2 aromatic carbocycles. The predicted molar refractivity (Wildman–Crippen MR) is 113 cm³/mol. The van der Waals surface area contributed by atoms with E-state index in [4.69, 9.17) is 21.7 Å². The molecule has 9 nitrogen and oxygen atoms in total. The van der Waals surface area contributed by atoms with E-state index in [1.807, 2.05) is 0 Å². The van der Waals surface area contributed by atoms with E-state index < -0.39 is 10.9 Å². The Morgan fingerprint density at radius 2 is 2.10 bits per heavy atom. The van der Waals surface area contributed by atoms with Crippen LogP contribution in [-0.2, 0) is 0 Å². The van der Waals surface area contributed by atoms with E-state index in [0.717, 1.165) is 6.07 Å². The summed E-state index contributed by atoms with van der Waals surface area (Å²) in [6.07, 6.45) is 3.17. The number of ether oxygens (including phenoxy) is 2. The van der Waals surface area contributed by atoms with Gasteiger partial charge in [0.1, 0.15) is 0 Å². The molecule has 2 rings (SSSR count). The molecular weight excluding hydrogens is 396 g/mol. The number of carbonyl (C=O) groups excluding carboxylic acids is 1. The number of esters is 1. The molecular formula is C19H18N4O5S. The van der Waals surface area contributed by atoms with Crippen LogP contribution in [0.3, 0.4) is 0 Å². The van der Waals surface area contributed by atoms with E-state index in [1.54, 1.807) is 18.2 Å². The first-order valence-corrected chi connectivity index (χ1v) is 8.68. The molecule has 0 aliphatic rings. The van der Waals surface area contributed by atoms with E-state index in [0.29, 0.717) is 23.0 Å². The van der Waals surface area contributed by atoms with Crippen molar-refractivity contribution in [1.29, 1.82) is 0 Å². The second-order valence-corrected chi connectivity index (χ2v) is 5.88. The lowest BCUT2D eigenvalue weighted by molar-refractivity contribution is -0.384. The van der Waals surface area contributed by atoms with Gasteiger partial charge < -0.3 is 14.8 Å². The Kier molecular flexibility index (Phi) is 7.80. The summed E-state index contributed by atoms with van der Waals surface area (Å²) in [5.41, 5.74) is 3.16. The molecule has 0 radical (unpaired) electrons. The van der Waals surface area contributed by atoms with Crippen LogP contribution >= 0.6 is 12.2 Å². The fourth-order valence-electron chi connectivity index (χ4n) is 2.12. The summed E-state index contributed by atoms with van der Waals surface area (Å²) in [5.74, 6) is -0.286. The molecule has 0 fully saturated rings. The van der Waals surface area contributed by atoms with Crippen molar-refractivity contribution < 1.29 is 19.2 Å². The minimum atomic E-state index is -0.742. The first-order valence-electron chi connectivity index (χ1n) is 8.27. The van der Waals surface area contributed by atoms with Crippen molar-refractivity contribution >= 4 is 35.2 Å². The van der Waals surface area contributed by atoms with Crippen LogP contribution in [0.25, 0.3) is 0 Å². The fourth-order valence-corrected chi connectivity index (χ4v) is 2.26. The van der Waals surface area contributed by atoms with Crippen LogP contribution in [0.2, 0.25) is 0 Å². The maximum Gasteiger partial charge on any atom is 0.343 e. The maximum absolute atomic E-state index is 12.3. The highest BCUT2D eigenvalue weighted by Gasteiger charge is 2.15. The van der Waals surface area contributed by atoms with Crippen LogP contribution in [0.1, 0.15) is 15.9 Å². The van der Waals surface area contributed by atoms with E-state index in [9.17, 15) is 14.9 Å². The molecule has 0 saturated heterocycles. The molecule has 0 amide bonds. The zero-order valence-electron chi connectivity index (χ0n) is 15.5. The lowest BCUT2D eigenvalue weighted by atomic mass is 10.2. The number of nitro benzene ring substituents is 1. The number of rotatable bonds is 8. The first-order chi connectivity index (χ1) is 13.9. The monoisotopic (exact) mass is 414 g/mol. The molecule has 0 spiro atoms. The summed E-state index contributed by atoms with van der Waals surface area (Å²) in [7, 11) is 1.42. The SMILES string of the molecule is C=CCNC(=S)N/N=C/c1ccc(OC(=O)c2cccc([N+](=O)[O-])c2)c(OC)c1. The number of nitrogens with one attached hydrogen (secondary N) is 2. The van der Waals surface area contributed by atoms with E-state index in [-0.39, 0.29) is 17.0 Å². The Morgan fingerprint density at radius 3 is 2.79 bits per heavy atom. The third-order valence-corrected chi connectivity index (χ3v) is 3.71. The number of thiocarbonyl (C=S) groups is 1. The van der Waals surface area contributed by atoms with Crippen molar-refractivity contribution in [2.75, 3.05) is 13.7 Å². The quantitative estimate of drug-likeness (QED) is 0.129. The van der Waals surface area contributed by atoms with E-state index >= 15 is 0 Å². The van der Waals surface area contributed by atoms with Crippen LogP contribution < -0.4 is 20.2 Å². The number of hydrogen-bond donors (Lipinski definition) is 2. The van der Waals surface area contributed by atoms with Gasteiger partial charge in [0, 0.05) is 18.7 Å². The molecule has 0 aliphatic heterocycles. The van der Waals surface area contributed by atoms with E-state index in [2.05, 4.69) is 22.4 Å². The molecule has 0 aliphatic carbocycles. The van der Waals surface area contributed by atoms with Gasteiger partial charge in [-0.05, 0) is 42.0 Å². The highest BCUT2D eigenvalue weighted by molar-refractivity contribution is 7.80. The van der Waals surface area contributed by atoms with Crippen LogP contribution in [0.4, 0.5) is 5.69 Å². The van der Waals surface area contributed by atoms with E-state index in [1.165, 1.54) is 37.6 Å². The average molecular weight is 414 g/mol. The summed E-state index contributed by atoms with van der Waals surface area (Å²) in [5, 5.41) is 18.1. The summed E-state index contributed by atoms with van der Waals surface area (Å²) >= 11 is 5.02. The lowest BCUT2D eigenvalue weighted by Crippen LogP contribution is -2.31. The second kappa shape index (κ2) is 10.5. The molecule has 0 saturated carbocycles. The highest BCUT2D eigenvalue weighted by atomic mass is 32.1. The molecule has 0 heterocycles. The molecule has 150 valence electrons. The molecule has 0 atom stereocenters. The van der Waals surface area contributed by atoms with Gasteiger partial charge in [-0.3, -0.25) is 15.5 Å². The number of benzene rings is 2. The Bertz CT molecular complexity index is 961. The van der Waals surface area contributed by atoms with Crippen molar-refractivity contribution in [3.05, 3.63) is 76.4 Å². The van der Waals surface area contributed by atoms with Crippen LogP contribution in [-0.4, -0.2) is 35.9 Å². The van der Waals surface area contributed by atoms with Gasteiger partial charge in [-0.2, -0.15) is 5.10 Å². The first kappa shape index (κ1) is 21.5. The maximum atomic E-state index is 12.3. The van der Waals surface area contributed by atoms with Gasteiger partial charge in [0.2, 0.25) is 0 Å². The van der Waals surface area contributed by atoms with Gasteiger partial charge in [-0.15, -0.1) is 6.58 Å². The zero-order valence-corrected chi connectivity index (χ0v) is 16.3. The van der Waals surface area contributed by atoms with Crippen LogP contribution in [0.15, 0.2) is 60.2 Å². The zero-order chi connectivity index (χ0) is 21.2. The third kappa shape index (κ3) is 6.40. The van der Waals surface area contributed by atoms with Crippen molar-refractivity contribution in [3.63, 3.8) is 0 Å².